The first-order chi connectivity index (χ1) is 13.5. The van der Waals surface area contributed by atoms with Gasteiger partial charge in [0.15, 0.2) is 6.61 Å². The van der Waals surface area contributed by atoms with Gasteiger partial charge in [0.2, 0.25) is 0 Å². The van der Waals surface area contributed by atoms with Crippen LogP contribution in [0.2, 0.25) is 0 Å². The van der Waals surface area contributed by atoms with Gasteiger partial charge in [0.1, 0.15) is 17.2 Å². The number of carbonyl (C=O) groups is 1. The number of hydrogen-bond donors (Lipinski definition) is 1. The molecule has 0 aliphatic heterocycles. The summed E-state index contributed by atoms with van der Waals surface area (Å²) >= 11 is 0. The summed E-state index contributed by atoms with van der Waals surface area (Å²) in [5.74, 6) is 1.09. The lowest BCUT2D eigenvalue weighted by Crippen LogP contribution is -2.20. The molecule has 0 fully saturated rings. The van der Waals surface area contributed by atoms with Gasteiger partial charge in [-0.15, -0.1) is 0 Å². The number of carbonyl (C=O) groups excluding carboxylic acids is 1. The van der Waals surface area contributed by atoms with Crippen LogP contribution in [0.4, 0.5) is 11.4 Å². The minimum absolute atomic E-state index is 0.152. The molecular formula is C20H18N2O6. The molecule has 8 nitrogen and oxygen atoms in total. The van der Waals surface area contributed by atoms with Crippen LogP contribution in [-0.2, 0) is 4.79 Å². The van der Waals surface area contributed by atoms with E-state index in [0.29, 0.717) is 11.5 Å². The monoisotopic (exact) mass is 382 g/mol. The van der Waals surface area contributed by atoms with Crippen molar-refractivity contribution in [2.75, 3.05) is 26.1 Å². The Labute approximate surface area is 160 Å². The first kappa shape index (κ1) is 19.0. The van der Waals surface area contributed by atoms with Crippen molar-refractivity contribution in [1.82, 2.24) is 0 Å². The summed E-state index contributed by atoms with van der Waals surface area (Å²) in [5, 5.41) is 15.4. The van der Waals surface area contributed by atoms with Crippen LogP contribution in [0.5, 0.6) is 17.2 Å². The third-order valence-electron chi connectivity index (χ3n) is 4.06. The van der Waals surface area contributed by atoms with Gasteiger partial charge >= 0.3 is 0 Å². The number of nitro groups is 1. The van der Waals surface area contributed by atoms with Crippen molar-refractivity contribution in [1.29, 1.82) is 0 Å². The Bertz CT molecular complexity index is 1030. The molecule has 0 aromatic heterocycles. The van der Waals surface area contributed by atoms with E-state index in [2.05, 4.69) is 5.32 Å². The number of methoxy groups -OCH3 is 2. The Kier molecular flexibility index (Phi) is 5.59. The van der Waals surface area contributed by atoms with E-state index in [0.717, 1.165) is 16.5 Å². The van der Waals surface area contributed by atoms with Gasteiger partial charge in [0.25, 0.3) is 11.6 Å². The number of nitrogens with zero attached hydrogens (tertiary/aromatic N) is 1. The molecule has 0 heterocycles. The minimum Gasteiger partial charge on any atom is -0.497 e. The highest BCUT2D eigenvalue weighted by molar-refractivity contribution is 5.94. The molecule has 1 N–H and O–H groups in total. The molecule has 0 radical (unpaired) electrons. The summed E-state index contributed by atoms with van der Waals surface area (Å²) in [4.78, 5) is 22.6. The molecule has 3 aromatic rings. The van der Waals surface area contributed by atoms with Crippen molar-refractivity contribution in [2.45, 2.75) is 0 Å². The molecule has 8 heteroatoms. The highest BCUT2D eigenvalue weighted by Crippen LogP contribution is 2.29. The summed E-state index contributed by atoms with van der Waals surface area (Å²) in [6, 6.07) is 15.1. The highest BCUT2D eigenvalue weighted by atomic mass is 16.6. The van der Waals surface area contributed by atoms with Crippen LogP contribution >= 0.6 is 0 Å². The largest absolute Gasteiger partial charge is 0.497 e. The second-order valence-corrected chi connectivity index (χ2v) is 5.85. The van der Waals surface area contributed by atoms with Crippen molar-refractivity contribution in [3.8, 4) is 17.2 Å². The molecule has 0 bridgehead atoms. The second kappa shape index (κ2) is 8.26. The summed E-state index contributed by atoms with van der Waals surface area (Å²) in [6.07, 6.45) is 0. The number of benzene rings is 3. The molecular weight excluding hydrogens is 364 g/mol. The SMILES string of the molecule is COc1ccc2ccc(OCC(=O)Nc3cc([N+](=O)[O-])ccc3OC)cc2c1. The lowest BCUT2D eigenvalue weighted by Gasteiger charge is -2.11. The maximum Gasteiger partial charge on any atom is 0.271 e. The van der Waals surface area contributed by atoms with Crippen LogP contribution in [0.3, 0.4) is 0 Å². The molecule has 0 atom stereocenters. The van der Waals surface area contributed by atoms with Gasteiger partial charge < -0.3 is 19.5 Å². The molecule has 3 aromatic carbocycles. The third-order valence-corrected chi connectivity index (χ3v) is 4.06. The van der Waals surface area contributed by atoms with Gasteiger partial charge in [0.05, 0.1) is 24.8 Å². The van der Waals surface area contributed by atoms with Crippen LogP contribution in [0.1, 0.15) is 0 Å². The smallest absolute Gasteiger partial charge is 0.271 e. The number of nitro benzene ring substituents is 1. The zero-order chi connectivity index (χ0) is 20.1. The topological polar surface area (TPSA) is 99.9 Å². The van der Waals surface area contributed by atoms with E-state index < -0.39 is 10.8 Å². The summed E-state index contributed by atoms with van der Waals surface area (Å²) in [6.45, 7) is -0.263. The van der Waals surface area contributed by atoms with E-state index >= 15 is 0 Å². The van der Waals surface area contributed by atoms with Gasteiger partial charge in [0, 0.05) is 12.1 Å². The van der Waals surface area contributed by atoms with Gasteiger partial charge in [-0.25, -0.2) is 0 Å². The van der Waals surface area contributed by atoms with Crippen LogP contribution < -0.4 is 19.5 Å². The number of fused-ring (bicyclic) bond motifs is 1. The number of hydrogen-bond acceptors (Lipinski definition) is 6. The Morgan fingerprint density at radius 2 is 1.68 bits per heavy atom. The number of rotatable bonds is 7. The molecule has 1 amide bonds. The molecule has 3 rings (SSSR count). The summed E-state index contributed by atoms with van der Waals surface area (Å²) in [5.41, 5.74) is 0.0500. The molecule has 0 saturated carbocycles. The quantitative estimate of drug-likeness (QED) is 0.493. The second-order valence-electron chi connectivity index (χ2n) is 5.85. The predicted octanol–water partition coefficient (Wildman–Crippen LogP) is 3.78. The maximum absolute atomic E-state index is 12.2. The number of nitrogens with one attached hydrogen (secondary N) is 1. The van der Waals surface area contributed by atoms with Gasteiger partial charge in [-0.3, -0.25) is 14.9 Å². The van der Waals surface area contributed by atoms with Crippen molar-refractivity contribution in [2.24, 2.45) is 0 Å². The predicted molar refractivity (Wildman–Crippen MR) is 104 cm³/mol. The first-order valence-corrected chi connectivity index (χ1v) is 8.33. The van der Waals surface area contributed by atoms with E-state index in [1.54, 1.807) is 19.2 Å². The minimum atomic E-state index is -0.547. The lowest BCUT2D eigenvalue weighted by molar-refractivity contribution is -0.384. The van der Waals surface area contributed by atoms with E-state index in [1.807, 2.05) is 24.3 Å². The summed E-state index contributed by atoms with van der Waals surface area (Å²) in [7, 11) is 3.00. The van der Waals surface area contributed by atoms with Crippen LogP contribution in [-0.4, -0.2) is 31.7 Å². The normalized spacial score (nSPS) is 10.4. The molecule has 0 spiro atoms. The average Bonchev–Trinajstić information content (AvgIpc) is 2.71. The van der Waals surface area contributed by atoms with Gasteiger partial charge in [-0.05, 0) is 41.1 Å². The van der Waals surface area contributed by atoms with E-state index in [9.17, 15) is 14.9 Å². The Morgan fingerprint density at radius 1 is 0.964 bits per heavy atom. The number of anilines is 1. The zero-order valence-electron chi connectivity index (χ0n) is 15.3. The molecule has 144 valence electrons. The zero-order valence-corrected chi connectivity index (χ0v) is 15.3. The Morgan fingerprint density at radius 3 is 2.36 bits per heavy atom. The fourth-order valence-electron chi connectivity index (χ4n) is 2.66. The number of amides is 1. The van der Waals surface area contributed by atoms with Crippen LogP contribution in [0.15, 0.2) is 54.6 Å². The Hall–Kier alpha value is -3.81. The summed E-state index contributed by atoms with van der Waals surface area (Å²) < 4.78 is 15.9. The van der Waals surface area contributed by atoms with Crippen molar-refractivity contribution < 1.29 is 23.9 Å². The average molecular weight is 382 g/mol. The lowest BCUT2D eigenvalue weighted by atomic mass is 10.1. The van der Waals surface area contributed by atoms with Crippen molar-refractivity contribution >= 4 is 28.1 Å². The molecule has 0 unspecified atom stereocenters. The number of ether oxygens (including phenoxy) is 3. The van der Waals surface area contributed by atoms with Crippen LogP contribution in [0.25, 0.3) is 10.8 Å². The fraction of sp³-hybridized carbons (Fsp3) is 0.150. The molecule has 28 heavy (non-hydrogen) atoms. The number of non-ortho nitro benzene ring substituents is 1. The van der Waals surface area contributed by atoms with Gasteiger partial charge in [-0.1, -0.05) is 12.1 Å². The van der Waals surface area contributed by atoms with Gasteiger partial charge in [-0.2, -0.15) is 0 Å². The van der Waals surface area contributed by atoms with Crippen molar-refractivity contribution in [3.63, 3.8) is 0 Å². The molecule has 0 aliphatic carbocycles. The molecule has 0 aliphatic rings. The standard InChI is InChI=1S/C20H18N2O6/c1-26-16-6-3-13-4-7-17(10-14(13)9-16)28-12-20(23)21-18-11-15(22(24)25)5-8-19(18)27-2/h3-11H,12H2,1-2H3,(H,21,23). The fourth-order valence-corrected chi connectivity index (χ4v) is 2.66. The van der Waals surface area contributed by atoms with E-state index in [4.69, 9.17) is 14.2 Å². The Balaban J connectivity index is 1.70. The van der Waals surface area contributed by atoms with E-state index in [1.165, 1.54) is 25.3 Å². The van der Waals surface area contributed by atoms with Crippen LogP contribution in [0, 0.1) is 10.1 Å². The molecule has 0 saturated heterocycles. The first-order valence-electron chi connectivity index (χ1n) is 8.33. The highest BCUT2D eigenvalue weighted by Gasteiger charge is 2.14. The maximum atomic E-state index is 12.2. The van der Waals surface area contributed by atoms with E-state index in [-0.39, 0.29) is 18.0 Å². The third kappa shape index (κ3) is 4.29. The van der Waals surface area contributed by atoms with Crippen molar-refractivity contribution in [3.05, 3.63) is 64.7 Å².